The van der Waals surface area contributed by atoms with Crippen LogP contribution in [0.1, 0.15) is 44.7 Å². The second kappa shape index (κ2) is 9.64. The van der Waals surface area contributed by atoms with Crippen molar-refractivity contribution in [3.05, 3.63) is 60.0 Å². The van der Waals surface area contributed by atoms with E-state index in [4.69, 9.17) is 14.0 Å². The molecule has 0 unspecified atom stereocenters. The van der Waals surface area contributed by atoms with Gasteiger partial charge in [0.25, 0.3) is 0 Å². The Kier molecular flexibility index (Phi) is 6.95. The van der Waals surface area contributed by atoms with E-state index >= 15 is 0 Å². The highest BCUT2D eigenvalue weighted by atomic mass is 16.5. The lowest BCUT2D eigenvalue weighted by molar-refractivity contribution is -0.123. The molecule has 1 atom stereocenters. The van der Waals surface area contributed by atoms with Crippen LogP contribution in [-0.2, 0) is 11.2 Å². The highest BCUT2D eigenvalue weighted by molar-refractivity contribution is 5.77. The Bertz CT molecular complexity index is 1010. The Morgan fingerprint density at radius 2 is 1.77 bits per heavy atom. The number of hydrogen-bond acceptors (Lipinski definition) is 6. The van der Waals surface area contributed by atoms with Crippen LogP contribution in [0.2, 0.25) is 0 Å². The number of methoxy groups -OCH3 is 2. The molecule has 7 heteroatoms. The Balaban J connectivity index is 1.87. The van der Waals surface area contributed by atoms with Gasteiger partial charge in [-0.2, -0.15) is 4.98 Å². The van der Waals surface area contributed by atoms with Gasteiger partial charge in [0, 0.05) is 18.4 Å². The molecule has 1 heterocycles. The van der Waals surface area contributed by atoms with E-state index in [9.17, 15) is 4.79 Å². The van der Waals surface area contributed by atoms with Crippen molar-refractivity contribution in [1.29, 1.82) is 0 Å². The molecule has 0 bridgehead atoms. The van der Waals surface area contributed by atoms with Gasteiger partial charge in [0.1, 0.15) is 6.04 Å². The predicted octanol–water partition coefficient (Wildman–Crippen LogP) is 4.59. The standard InChI is InChI=1S/C24H29N3O4/c1-24(2,3)15-21(28)25-18(13-16-9-7-6-8-10-16)23-26-22(27-31-23)17-11-12-19(29-4)20(14-17)30-5/h6-12,14,18H,13,15H2,1-5H3,(H,25,28)/t18-/m1/s1. The fourth-order valence-electron chi connectivity index (χ4n) is 3.25. The summed E-state index contributed by atoms with van der Waals surface area (Å²) in [5.41, 5.74) is 1.67. The molecule has 0 radical (unpaired) electrons. The minimum absolute atomic E-state index is 0.0562. The van der Waals surface area contributed by atoms with Gasteiger partial charge in [-0.05, 0) is 29.2 Å². The summed E-state index contributed by atoms with van der Waals surface area (Å²) in [6.45, 7) is 6.09. The molecule has 7 nitrogen and oxygen atoms in total. The highest BCUT2D eigenvalue weighted by Gasteiger charge is 2.25. The second-order valence-corrected chi connectivity index (χ2v) is 8.57. The minimum Gasteiger partial charge on any atom is -0.493 e. The molecule has 1 N–H and O–H groups in total. The molecule has 0 aliphatic carbocycles. The lowest BCUT2D eigenvalue weighted by Crippen LogP contribution is -2.32. The summed E-state index contributed by atoms with van der Waals surface area (Å²) in [5, 5.41) is 7.19. The van der Waals surface area contributed by atoms with Crippen molar-refractivity contribution in [3.63, 3.8) is 0 Å². The SMILES string of the molecule is COc1ccc(-c2noc([C@@H](Cc3ccccc3)NC(=O)CC(C)(C)C)n2)cc1OC. The molecule has 0 aliphatic rings. The van der Waals surface area contributed by atoms with E-state index in [1.165, 1.54) is 0 Å². The maximum Gasteiger partial charge on any atom is 0.249 e. The third-order valence-electron chi connectivity index (χ3n) is 4.69. The zero-order chi connectivity index (χ0) is 22.4. The molecule has 1 aromatic heterocycles. The largest absolute Gasteiger partial charge is 0.493 e. The molecule has 0 aliphatic heterocycles. The molecule has 31 heavy (non-hydrogen) atoms. The van der Waals surface area contributed by atoms with Crippen molar-refractivity contribution in [2.24, 2.45) is 5.41 Å². The first-order valence-corrected chi connectivity index (χ1v) is 10.2. The Hall–Kier alpha value is -3.35. The van der Waals surface area contributed by atoms with Crippen molar-refractivity contribution in [2.45, 2.75) is 39.7 Å². The first kappa shape index (κ1) is 22.3. The normalized spacial score (nSPS) is 12.3. The van der Waals surface area contributed by atoms with Crippen LogP contribution in [0.25, 0.3) is 11.4 Å². The van der Waals surface area contributed by atoms with Crippen molar-refractivity contribution < 1.29 is 18.8 Å². The van der Waals surface area contributed by atoms with Crippen LogP contribution < -0.4 is 14.8 Å². The zero-order valence-corrected chi connectivity index (χ0v) is 18.6. The van der Waals surface area contributed by atoms with Gasteiger partial charge in [-0.1, -0.05) is 56.3 Å². The summed E-state index contributed by atoms with van der Waals surface area (Å²) < 4.78 is 16.2. The van der Waals surface area contributed by atoms with E-state index in [1.807, 2.05) is 57.2 Å². The fourth-order valence-corrected chi connectivity index (χ4v) is 3.25. The quantitative estimate of drug-likeness (QED) is 0.570. The predicted molar refractivity (Wildman–Crippen MR) is 118 cm³/mol. The molecule has 3 aromatic rings. The molecule has 3 rings (SSSR count). The van der Waals surface area contributed by atoms with Gasteiger partial charge in [0.15, 0.2) is 11.5 Å². The minimum atomic E-state index is -0.432. The van der Waals surface area contributed by atoms with E-state index in [-0.39, 0.29) is 11.3 Å². The topological polar surface area (TPSA) is 86.5 Å². The first-order chi connectivity index (χ1) is 14.8. The van der Waals surface area contributed by atoms with Gasteiger partial charge < -0.3 is 19.3 Å². The van der Waals surface area contributed by atoms with Crippen LogP contribution in [0.4, 0.5) is 0 Å². The molecule has 164 valence electrons. The van der Waals surface area contributed by atoms with Gasteiger partial charge in [0.05, 0.1) is 14.2 Å². The summed E-state index contributed by atoms with van der Waals surface area (Å²) in [6.07, 6.45) is 0.944. The van der Waals surface area contributed by atoms with Crippen LogP contribution in [0.3, 0.4) is 0 Å². The number of carbonyl (C=O) groups excluding carboxylic acids is 1. The average molecular weight is 424 g/mol. The van der Waals surface area contributed by atoms with Crippen LogP contribution in [0.5, 0.6) is 11.5 Å². The summed E-state index contributed by atoms with van der Waals surface area (Å²) in [5.74, 6) is 1.91. The van der Waals surface area contributed by atoms with E-state index in [0.717, 1.165) is 11.1 Å². The molecule has 0 spiro atoms. The van der Waals surface area contributed by atoms with Gasteiger partial charge in [-0.15, -0.1) is 0 Å². The zero-order valence-electron chi connectivity index (χ0n) is 18.6. The molecule has 0 saturated heterocycles. The second-order valence-electron chi connectivity index (χ2n) is 8.57. The molecular formula is C24H29N3O4. The van der Waals surface area contributed by atoms with E-state index < -0.39 is 6.04 Å². The van der Waals surface area contributed by atoms with Crippen LogP contribution >= 0.6 is 0 Å². The maximum atomic E-state index is 12.6. The van der Waals surface area contributed by atoms with Gasteiger partial charge in [-0.3, -0.25) is 4.79 Å². The van der Waals surface area contributed by atoms with Crippen LogP contribution in [0, 0.1) is 5.41 Å². The maximum absolute atomic E-state index is 12.6. The Morgan fingerprint density at radius 3 is 2.42 bits per heavy atom. The number of benzene rings is 2. The van der Waals surface area contributed by atoms with E-state index in [0.29, 0.717) is 36.1 Å². The fraction of sp³-hybridized carbons (Fsp3) is 0.375. The van der Waals surface area contributed by atoms with Crippen molar-refractivity contribution >= 4 is 5.91 Å². The van der Waals surface area contributed by atoms with Crippen molar-refractivity contribution in [2.75, 3.05) is 14.2 Å². The van der Waals surface area contributed by atoms with Gasteiger partial charge >= 0.3 is 0 Å². The van der Waals surface area contributed by atoms with Gasteiger partial charge in [-0.25, -0.2) is 0 Å². The first-order valence-electron chi connectivity index (χ1n) is 10.2. The molecular weight excluding hydrogens is 394 g/mol. The summed E-state index contributed by atoms with van der Waals surface area (Å²) in [7, 11) is 3.16. The molecule has 0 fully saturated rings. The highest BCUT2D eigenvalue weighted by Crippen LogP contribution is 2.32. The molecule has 1 amide bonds. The number of rotatable bonds is 8. The van der Waals surface area contributed by atoms with Crippen LogP contribution in [0.15, 0.2) is 53.1 Å². The number of nitrogens with zero attached hydrogens (tertiary/aromatic N) is 2. The van der Waals surface area contributed by atoms with Crippen molar-refractivity contribution in [3.8, 4) is 22.9 Å². The number of carbonyl (C=O) groups is 1. The third-order valence-corrected chi connectivity index (χ3v) is 4.69. The van der Waals surface area contributed by atoms with E-state index in [2.05, 4.69) is 15.5 Å². The van der Waals surface area contributed by atoms with E-state index in [1.54, 1.807) is 26.4 Å². The number of amides is 1. The monoisotopic (exact) mass is 423 g/mol. The van der Waals surface area contributed by atoms with Crippen molar-refractivity contribution in [1.82, 2.24) is 15.5 Å². The average Bonchev–Trinajstić information content (AvgIpc) is 3.22. The third kappa shape index (κ3) is 6.07. The summed E-state index contributed by atoms with van der Waals surface area (Å²) >= 11 is 0. The summed E-state index contributed by atoms with van der Waals surface area (Å²) in [6, 6.07) is 14.9. The lowest BCUT2D eigenvalue weighted by Gasteiger charge is -2.20. The molecule has 0 saturated carbocycles. The smallest absolute Gasteiger partial charge is 0.249 e. The lowest BCUT2D eigenvalue weighted by atomic mass is 9.91. The van der Waals surface area contributed by atoms with Crippen LogP contribution in [-0.4, -0.2) is 30.3 Å². The number of nitrogens with one attached hydrogen (secondary N) is 1. The number of hydrogen-bond donors (Lipinski definition) is 1. The Morgan fingerprint density at radius 1 is 1.06 bits per heavy atom. The number of ether oxygens (including phenoxy) is 2. The Labute approximate surface area is 182 Å². The number of aromatic nitrogens is 2. The van der Waals surface area contributed by atoms with Gasteiger partial charge in [0.2, 0.25) is 17.6 Å². The summed E-state index contributed by atoms with van der Waals surface area (Å²) in [4.78, 5) is 17.2. The molecule has 2 aromatic carbocycles.